The molecule has 11 nitrogen and oxygen atoms in total. The summed E-state index contributed by atoms with van der Waals surface area (Å²) in [6.07, 6.45) is 25.2. The third kappa shape index (κ3) is 29.6. The van der Waals surface area contributed by atoms with Crippen molar-refractivity contribution in [1.29, 1.82) is 0 Å². The number of unbranched alkanes of at least 4 members (excludes halogenated alkanes) is 18. The van der Waals surface area contributed by atoms with Gasteiger partial charge in [-0.1, -0.05) is 89.9 Å². The Morgan fingerprint density at radius 3 is 1.19 bits per heavy atom. The predicted molar refractivity (Wildman–Crippen MR) is 193 cm³/mol. The van der Waals surface area contributed by atoms with E-state index in [0.717, 1.165) is 116 Å². The molecule has 0 bridgehead atoms. The second-order valence-corrected chi connectivity index (χ2v) is 13.2. The molecule has 0 aliphatic heterocycles. The number of carbonyl (C=O) groups is 4. The average molecular weight is 668 g/mol. The van der Waals surface area contributed by atoms with Crippen molar-refractivity contribution in [3.63, 3.8) is 0 Å². The van der Waals surface area contributed by atoms with E-state index in [9.17, 15) is 19.2 Å². The molecule has 276 valence electrons. The van der Waals surface area contributed by atoms with Gasteiger partial charge in [-0.2, -0.15) is 0 Å². The van der Waals surface area contributed by atoms with Crippen molar-refractivity contribution in [2.75, 3.05) is 26.2 Å². The molecule has 11 N–H and O–H groups in total. The highest BCUT2D eigenvalue weighted by atomic mass is 16.2. The van der Waals surface area contributed by atoms with Crippen LogP contribution in [-0.2, 0) is 19.2 Å². The van der Waals surface area contributed by atoms with Crippen molar-refractivity contribution in [2.45, 2.75) is 179 Å². The Kier molecular flexibility index (Phi) is 32.0. The fourth-order valence-corrected chi connectivity index (χ4v) is 5.72. The van der Waals surface area contributed by atoms with Gasteiger partial charge in [0.25, 0.3) is 0 Å². The van der Waals surface area contributed by atoms with Gasteiger partial charge in [-0.25, -0.2) is 0 Å². The van der Waals surface area contributed by atoms with Gasteiger partial charge in [0.2, 0.25) is 23.6 Å². The predicted octanol–water partition coefficient (Wildman–Crippen LogP) is 4.58. The molecule has 0 saturated heterocycles. The highest BCUT2D eigenvalue weighted by Gasteiger charge is 2.20. The minimum absolute atomic E-state index is 0.0336. The van der Waals surface area contributed by atoms with E-state index in [4.69, 9.17) is 22.9 Å². The van der Waals surface area contributed by atoms with Gasteiger partial charge in [0.1, 0.15) is 12.1 Å². The molecule has 0 rings (SSSR count). The van der Waals surface area contributed by atoms with E-state index < -0.39 is 18.0 Å². The third-order valence-corrected chi connectivity index (χ3v) is 8.71. The maximum absolute atomic E-state index is 12.8. The SMILES string of the molecule is NCCCCCCCCCCCC(=O)N[C@@H](CCCCN)C(=O)NCCCCCCCCCCCC(=O)N[C@@H](CCCCN)C(N)=O. The summed E-state index contributed by atoms with van der Waals surface area (Å²) in [4.78, 5) is 49.1. The zero-order chi connectivity index (χ0) is 34.8. The van der Waals surface area contributed by atoms with Gasteiger partial charge in [0.15, 0.2) is 0 Å². The second kappa shape index (κ2) is 33.7. The highest BCUT2D eigenvalue weighted by molar-refractivity contribution is 5.87. The maximum atomic E-state index is 12.8. The van der Waals surface area contributed by atoms with Gasteiger partial charge in [-0.3, -0.25) is 19.2 Å². The molecule has 0 radical (unpaired) electrons. The Morgan fingerprint density at radius 2 is 0.766 bits per heavy atom. The van der Waals surface area contributed by atoms with E-state index in [0.29, 0.717) is 45.3 Å². The van der Waals surface area contributed by atoms with Gasteiger partial charge in [0, 0.05) is 19.4 Å². The summed E-state index contributed by atoms with van der Waals surface area (Å²) in [5.41, 5.74) is 22.1. The summed E-state index contributed by atoms with van der Waals surface area (Å²) in [5, 5.41) is 8.77. The fourth-order valence-electron chi connectivity index (χ4n) is 5.72. The van der Waals surface area contributed by atoms with Crippen LogP contribution in [0.2, 0.25) is 0 Å². The summed E-state index contributed by atoms with van der Waals surface area (Å²) in [6.45, 7) is 2.56. The maximum Gasteiger partial charge on any atom is 0.242 e. The van der Waals surface area contributed by atoms with Crippen molar-refractivity contribution in [2.24, 2.45) is 22.9 Å². The fraction of sp³-hybridized carbons (Fsp3) is 0.889. The number of hydrogen-bond donors (Lipinski definition) is 7. The number of amides is 4. The Hall–Kier alpha value is -2.24. The van der Waals surface area contributed by atoms with Crippen LogP contribution in [0.5, 0.6) is 0 Å². The minimum Gasteiger partial charge on any atom is -0.368 e. The molecule has 4 amide bonds. The van der Waals surface area contributed by atoms with Crippen LogP contribution in [0.4, 0.5) is 0 Å². The molecular weight excluding hydrogens is 594 g/mol. The first kappa shape index (κ1) is 44.8. The number of rotatable bonds is 35. The van der Waals surface area contributed by atoms with Gasteiger partial charge >= 0.3 is 0 Å². The van der Waals surface area contributed by atoms with Gasteiger partial charge in [-0.05, 0) is 83.8 Å². The number of nitrogens with one attached hydrogen (secondary N) is 3. The van der Waals surface area contributed by atoms with Crippen LogP contribution in [-0.4, -0.2) is 61.9 Å². The summed E-state index contributed by atoms with van der Waals surface area (Å²) in [6, 6.07) is -1.09. The molecule has 0 aliphatic carbocycles. The summed E-state index contributed by atoms with van der Waals surface area (Å²) in [7, 11) is 0. The summed E-state index contributed by atoms with van der Waals surface area (Å²) >= 11 is 0. The zero-order valence-electron chi connectivity index (χ0n) is 29.8. The lowest BCUT2D eigenvalue weighted by atomic mass is 10.1. The topological polar surface area (TPSA) is 208 Å². The lowest BCUT2D eigenvalue weighted by Gasteiger charge is -2.18. The molecule has 0 spiro atoms. The quantitative estimate of drug-likeness (QED) is 0.0478. The molecule has 0 aliphatic rings. The van der Waals surface area contributed by atoms with Crippen molar-refractivity contribution < 1.29 is 19.2 Å². The minimum atomic E-state index is -0.604. The number of primary amides is 1. The Labute approximate surface area is 286 Å². The van der Waals surface area contributed by atoms with Crippen molar-refractivity contribution >= 4 is 23.6 Å². The molecular formula is C36H73N7O4. The molecule has 0 aromatic rings. The summed E-state index contributed by atoms with van der Waals surface area (Å²) in [5.74, 6) is -0.722. The molecule has 0 aromatic heterocycles. The van der Waals surface area contributed by atoms with Crippen molar-refractivity contribution in [1.82, 2.24) is 16.0 Å². The largest absolute Gasteiger partial charge is 0.368 e. The van der Waals surface area contributed by atoms with Crippen LogP contribution in [0.15, 0.2) is 0 Å². The molecule has 0 heterocycles. The molecule has 0 fully saturated rings. The molecule has 0 aromatic carbocycles. The monoisotopic (exact) mass is 668 g/mol. The van der Waals surface area contributed by atoms with E-state index in [1.54, 1.807) is 0 Å². The Balaban J connectivity index is 3.95. The van der Waals surface area contributed by atoms with E-state index in [-0.39, 0.29) is 17.7 Å². The van der Waals surface area contributed by atoms with Crippen LogP contribution < -0.4 is 38.9 Å². The first-order chi connectivity index (χ1) is 22.8. The van der Waals surface area contributed by atoms with E-state index in [1.807, 2.05) is 0 Å². The van der Waals surface area contributed by atoms with Crippen LogP contribution in [0.1, 0.15) is 167 Å². The molecule has 2 atom stereocenters. The van der Waals surface area contributed by atoms with Crippen LogP contribution in [0.25, 0.3) is 0 Å². The third-order valence-electron chi connectivity index (χ3n) is 8.71. The molecule has 0 unspecified atom stereocenters. The first-order valence-electron chi connectivity index (χ1n) is 19.1. The van der Waals surface area contributed by atoms with E-state index in [1.165, 1.54) is 32.1 Å². The zero-order valence-corrected chi connectivity index (χ0v) is 29.8. The van der Waals surface area contributed by atoms with Crippen LogP contribution in [0.3, 0.4) is 0 Å². The van der Waals surface area contributed by atoms with Gasteiger partial charge in [0.05, 0.1) is 0 Å². The normalized spacial score (nSPS) is 12.4. The molecule has 11 heteroatoms. The Morgan fingerprint density at radius 1 is 0.426 bits per heavy atom. The van der Waals surface area contributed by atoms with Crippen molar-refractivity contribution in [3.05, 3.63) is 0 Å². The lowest BCUT2D eigenvalue weighted by molar-refractivity contribution is -0.129. The van der Waals surface area contributed by atoms with Crippen LogP contribution in [0, 0.1) is 0 Å². The van der Waals surface area contributed by atoms with Gasteiger partial charge in [-0.15, -0.1) is 0 Å². The molecule has 0 saturated carbocycles. The van der Waals surface area contributed by atoms with Gasteiger partial charge < -0.3 is 38.9 Å². The molecule has 47 heavy (non-hydrogen) atoms. The lowest BCUT2D eigenvalue weighted by Crippen LogP contribution is -2.47. The number of hydrogen-bond acceptors (Lipinski definition) is 7. The second-order valence-electron chi connectivity index (χ2n) is 13.2. The smallest absolute Gasteiger partial charge is 0.242 e. The summed E-state index contributed by atoms with van der Waals surface area (Å²) < 4.78 is 0. The highest BCUT2D eigenvalue weighted by Crippen LogP contribution is 2.12. The van der Waals surface area contributed by atoms with Crippen molar-refractivity contribution in [3.8, 4) is 0 Å². The standard InChI is InChI=1S/C36H73N7O4/c37-27-19-13-9-5-1-3-7-12-16-26-34(45)43-32(24-18-21-29-39)36(47)41-30-22-14-10-6-2-4-8-11-15-25-33(44)42-31(35(40)46)23-17-20-28-38/h31-32H,1-30,37-39H2,(H2,40,46)(H,41,47)(H,42,44)(H,43,45)/t31-,32-/m0/s1. The van der Waals surface area contributed by atoms with E-state index in [2.05, 4.69) is 16.0 Å². The van der Waals surface area contributed by atoms with Crippen LogP contribution >= 0.6 is 0 Å². The number of nitrogens with two attached hydrogens (primary N) is 4. The first-order valence-corrected chi connectivity index (χ1v) is 19.1. The Bertz CT molecular complexity index is 784. The number of carbonyl (C=O) groups excluding carboxylic acids is 4. The van der Waals surface area contributed by atoms with E-state index >= 15 is 0 Å². The average Bonchev–Trinajstić information content (AvgIpc) is 3.05.